The zero-order chi connectivity index (χ0) is 13.7. The molecule has 0 bridgehead atoms. The molecule has 0 saturated carbocycles. The van der Waals surface area contributed by atoms with Crippen molar-refractivity contribution >= 4 is 0 Å². The van der Waals surface area contributed by atoms with E-state index in [0.717, 1.165) is 19.5 Å². The van der Waals surface area contributed by atoms with Gasteiger partial charge >= 0.3 is 0 Å². The van der Waals surface area contributed by atoms with Gasteiger partial charge in [0.25, 0.3) is 0 Å². The topological polar surface area (TPSA) is 29.9 Å². The van der Waals surface area contributed by atoms with Crippen molar-refractivity contribution < 1.29 is 0 Å². The summed E-state index contributed by atoms with van der Waals surface area (Å²) in [6, 6.07) is 6.30. The lowest BCUT2D eigenvalue weighted by molar-refractivity contribution is 0.424. The molecule has 1 N–H and O–H groups in total. The van der Waals surface area contributed by atoms with Crippen molar-refractivity contribution in [3.8, 4) is 0 Å². The first kappa shape index (κ1) is 13.8. The highest BCUT2D eigenvalue weighted by atomic mass is 15.0. The Morgan fingerprint density at radius 3 is 2.74 bits per heavy atom. The number of nitrogens with one attached hydrogen (secondary N) is 1. The number of rotatable bonds is 5. The van der Waals surface area contributed by atoms with Crippen LogP contribution in [0.25, 0.3) is 0 Å². The van der Waals surface area contributed by atoms with Crippen LogP contribution in [0.15, 0.2) is 43.0 Å². The first-order valence-corrected chi connectivity index (χ1v) is 6.81. The fourth-order valence-corrected chi connectivity index (χ4v) is 1.91. The Bertz CT molecular complexity index is 494. The van der Waals surface area contributed by atoms with E-state index in [1.807, 2.05) is 18.5 Å². The fourth-order valence-electron chi connectivity index (χ4n) is 1.91. The number of aromatic nitrogens is 2. The predicted molar refractivity (Wildman–Crippen MR) is 79.0 cm³/mol. The van der Waals surface area contributed by atoms with E-state index in [9.17, 15) is 0 Å². The molecule has 19 heavy (non-hydrogen) atoms. The van der Waals surface area contributed by atoms with Gasteiger partial charge in [0.05, 0.1) is 0 Å². The van der Waals surface area contributed by atoms with Crippen LogP contribution in [0, 0.1) is 0 Å². The average Bonchev–Trinajstić information content (AvgIpc) is 2.82. The molecule has 0 atom stereocenters. The largest absolute Gasteiger partial charge is 0.354 e. The van der Waals surface area contributed by atoms with Crippen LogP contribution in [0.2, 0.25) is 0 Å². The summed E-state index contributed by atoms with van der Waals surface area (Å²) in [7, 11) is 0. The minimum atomic E-state index is 0.164. The molecule has 0 unspecified atom stereocenters. The molecule has 0 saturated heterocycles. The van der Waals surface area contributed by atoms with Gasteiger partial charge in [-0.3, -0.25) is 4.98 Å². The third-order valence-corrected chi connectivity index (χ3v) is 3.02. The zero-order valence-corrected chi connectivity index (χ0v) is 12.1. The molecule has 0 aliphatic rings. The third kappa shape index (κ3) is 4.87. The Kier molecular flexibility index (Phi) is 4.38. The molecular formula is C16H23N3. The molecule has 0 aliphatic heterocycles. The van der Waals surface area contributed by atoms with Gasteiger partial charge in [-0.1, -0.05) is 6.07 Å². The van der Waals surface area contributed by atoms with Gasteiger partial charge < -0.3 is 9.88 Å². The molecule has 0 radical (unpaired) electrons. The Morgan fingerprint density at radius 1 is 1.21 bits per heavy atom. The van der Waals surface area contributed by atoms with Crippen LogP contribution in [-0.4, -0.2) is 15.1 Å². The summed E-state index contributed by atoms with van der Waals surface area (Å²) in [4.78, 5) is 4.14. The summed E-state index contributed by atoms with van der Waals surface area (Å²) in [6.07, 6.45) is 9.14. The first-order valence-electron chi connectivity index (χ1n) is 6.81. The summed E-state index contributed by atoms with van der Waals surface area (Å²) in [5.74, 6) is 0. The lowest BCUT2D eigenvalue weighted by Gasteiger charge is -2.19. The molecule has 2 aromatic heterocycles. The number of pyridine rings is 1. The molecule has 102 valence electrons. The highest BCUT2D eigenvalue weighted by molar-refractivity contribution is 5.12. The van der Waals surface area contributed by atoms with Gasteiger partial charge in [-0.05, 0) is 50.5 Å². The molecule has 0 aliphatic carbocycles. The normalized spacial score (nSPS) is 11.7. The van der Waals surface area contributed by atoms with Crippen LogP contribution in [0.1, 0.15) is 31.9 Å². The Balaban J connectivity index is 1.84. The Labute approximate surface area is 115 Å². The average molecular weight is 257 g/mol. The van der Waals surface area contributed by atoms with E-state index >= 15 is 0 Å². The van der Waals surface area contributed by atoms with Crippen LogP contribution in [0.4, 0.5) is 0 Å². The summed E-state index contributed by atoms with van der Waals surface area (Å²) in [5, 5.41) is 3.50. The second-order valence-electron chi connectivity index (χ2n) is 5.97. The van der Waals surface area contributed by atoms with Crippen LogP contribution in [-0.2, 0) is 19.5 Å². The van der Waals surface area contributed by atoms with Gasteiger partial charge in [-0.15, -0.1) is 0 Å². The Hall–Kier alpha value is -1.61. The van der Waals surface area contributed by atoms with Crippen LogP contribution in [0.3, 0.4) is 0 Å². The van der Waals surface area contributed by atoms with E-state index < -0.39 is 0 Å². The van der Waals surface area contributed by atoms with E-state index in [-0.39, 0.29) is 5.54 Å². The van der Waals surface area contributed by atoms with Crippen molar-refractivity contribution in [1.29, 1.82) is 0 Å². The molecule has 3 heteroatoms. The minimum absolute atomic E-state index is 0.164. The molecule has 2 heterocycles. The van der Waals surface area contributed by atoms with E-state index in [4.69, 9.17) is 0 Å². The van der Waals surface area contributed by atoms with Crippen LogP contribution in [0.5, 0.6) is 0 Å². The van der Waals surface area contributed by atoms with Crippen molar-refractivity contribution in [2.24, 2.45) is 0 Å². The van der Waals surface area contributed by atoms with Crippen molar-refractivity contribution in [1.82, 2.24) is 14.9 Å². The number of hydrogen-bond donors (Lipinski definition) is 1. The van der Waals surface area contributed by atoms with Gasteiger partial charge in [0.15, 0.2) is 0 Å². The van der Waals surface area contributed by atoms with E-state index in [2.05, 4.69) is 60.2 Å². The molecule has 0 fully saturated rings. The summed E-state index contributed by atoms with van der Waals surface area (Å²) in [5.41, 5.74) is 2.78. The molecule has 0 spiro atoms. The number of nitrogens with zero attached hydrogens (tertiary/aromatic N) is 2. The van der Waals surface area contributed by atoms with Crippen LogP contribution >= 0.6 is 0 Å². The highest BCUT2D eigenvalue weighted by Gasteiger charge is 2.08. The maximum atomic E-state index is 4.14. The lowest BCUT2D eigenvalue weighted by Crippen LogP contribution is -2.34. The van der Waals surface area contributed by atoms with Gasteiger partial charge in [0, 0.05) is 43.4 Å². The van der Waals surface area contributed by atoms with E-state index in [1.165, 1.54) is 11.1 Å². The second kappa shape index (κ2) is 6.02. The molecule has 3 nitrogen and oxygen atoms in total. The maximum Gasteiger partial charge on any atom is 0.0300 e. The van der Waals surface area contributed by atoms with Crippen LogP contribution < -0.4 is 5.32 Å². The standard InChI is InChI=1S/C16H23N3/c1-16(2,3)18-12-15-7-10-19(13-15)9-6-14-5-4-8-17-11-14/h4-5,7-8,10-11,13,18H,6,9,12H2,1-3H3. The van der Waals surface area contributed by atoms with Gasteiger partial charge in [-0.25, -0.2) is 0 Å². The van der Waals surface area contributed by atoms with Gasteiger partial charge in [0.2, 0.25) is 0 Å². The van der Waals surface area contributed by atoms with E-state index in [0.29, 0.717) is 0 Å². The second-order valence-corrected chi connectivity index (χ2v) is 5.97. The van der Waals surface area contributed by atoms with Gasteiger partial charge in [0.1, 0.15) is 0 Å². The van der Waals surface area contributed by atoms with E-state index in [1.54, 1.807) is 0 Å². The fraction of sp³-hybridized carbons (Fsp3) is 0.438. The SMILES string of the molecule is CC(C)(C)NCc1ccn(CCc2cccnc2)c1. The van der Waals surface area contributed by atoms with Gasteiger partial charge in [-0.2, -0.15) is 0 Å². The Morgan fingerprint density at radius 2 is 2.05 bits per heavy atom. The third-order valence-electron chi connectivity index (χ3n) is 3.02. The highest BCUT2D eigenvalue weighted by Crippen LogP contribution is 2.07. The lowest BCUT2D eigenvalue weighted by atomic mass is 10.1. The summed E-state index contributed by atoms with van der Waals surface area (Å²) >= 11 is 0. The molecular weight excluding hydrogens is 234 g/mol. The van der Waals surface area contributed by atoms with Crippen molar-refractivity contribution in [3.63, 3.8) is 0 Å². The minimum Gasteiger partial charge on any atom is -0.354 e. The monoisotopic (exact) mass is 257 g/mol. The molecule has 2 aromatic rings. The smallest absolute Gasteiger partial charge is 0.0300 e. The zero-order valence-electron chi connectivity index (χ0n) is 12.1. The maximum absolute atomic E-state index is 4.14. The first-order chi connectivity index (χ1) is 9.03. The summed E-state index contributed by atoms with van der Waals surface area (Å²) < 4.78 is 2.24. The predicted octanol–water partition coefficient (Wildman–Crippen LogP) is 3.01. The molecule has 0 amide bonds. The quantitative estimate of drug-likeness (QED) is 0.892. The summed E-state index contributed by atoms with van der Waals surface area (Å²) in [6.45, 7) is 8.48. The molecule has 0 aromatic carbocycles. The number of aryl methyl sites for hydroxylation is 2. The van der Waals surface area contributed by atoms with Crippen molar-refractivity contribution in [2.45, 2.75) is 45.8 Å². The van der Waals surface area contributed by atoms with Crippen molar-refractivity contribution in [2.75, 3.05) is 0 Å². The van der Waals surface area contributed by atoms with Crippen molar-refractivity contribution in [3.05, 3.63) is 54.1 Å². The molecule has 2 rings (SSSR count). The number of hydrogen-bond acceptors (Lipinski definition) is 2.